The molecule has 0 aliphatic carbocycles. The van der Waals surface area contributed by atoms with E-state index in [1.54, 1.807) is 12.5 Å². The van der Waals surface area contributed by atoms with Gasteiger partial charge in [-0.3, -0.25) is 0 Å². The highest BCUT2D eigenvalue weighted by Crippen LogP contribution is 2.36. The molecule has 1 N–H and O–H groups in total. The molecule has 3 heterocycles. The van der Waals surface area contributed by atoms with Crippen LogP contribution >= 0.6 is 0 Å². The molecule has 1 amide bonds. The van der Waals surface area contributed by atoms with Crippen molar-refractivity contribution >= 4 is 6.09 Å². The maximum absolute atomic E-state index is 11.1. The molecule has 0 aromatic carbocycles. The van der Waals surface area contributed by atoms with Crippen LogP contribution in [-0.2, 0) is 16.9 Å². The highest BCUT2D eigenvalue weighted by atomic mass is 16.6. The Labute approximate surface area is 81.1 Å². The summed E-state index contributed by atoms with van der Waals surface area (Å²) < 4.78 is 7.42. The van der Waals surface area contributed by atoms with Gasteiger partial charge in [0.05, 0.1) is 24.8 Å². The zero-order valence-electron chi connectivity index (χ0n) is 7.69. The third kappa shape index (κ3) is 0.893. The average molecular weight is 193 g/mol. The van der Waals surface area contributed by atoms with Crippen LogP contribution < -0.4 is 5.32 Å². The normalized spacial score (nSPS) is 29.9. The van der Waals surface area contributed by atoms with Gasteiger partial charge in [0, 0.05) is 6.54 Å². The predicted octanol–water partition coefficient (Wildman–Crippen LogP) is 0.612. The van der Waals surface area contributed by atoms with Crippen molar-refractivity contribution in [3.8, 4) is 0 Å². The molecular formula is C9H11N3O2. The minimum atomic E-state index is -0.453. The Morgan fingerprint density at radius 2 is 2.57 bits per heavy atom. The fourth-order valence-corrected chi connectivity index (χ4v) is 2.29. The van der Waals surface area contributed by atoms with Gasteiger partial charge < -0.3 is 14.6 Å². The standard InChI is InChI=1S/C9H11N3O2/c13-8-11-5-9(14-8)2-1-3-12-6-10-4-7(9)12/h4,6H,1-3,5H2,(H,11,13). The van der Waals surface area contributed by atoms with E-state index in [4.69, 9.17) is 4.74 Å². The average Bonchev–Trinajstić information content (AvgIpc) is 2.75. The summed E-state index contributed by atoms with van der Waals surface area (Å²) in [6.45, 7) is 1.53. The lowest BCUT2D eigenvalue weighted by molar-refractivity contribution is 0.0279. The molecule has 5 nitrogen and oxygen atoms in total. The lowest BCUT2D eigenvalue weighted by atomic mass is 9.91. The summed E-state index contributed by atoms with van der Waals surface area (Å²) in [6.07, 6.45) is 5.18. The van der Waals surface area contributed by atoms with Crippen molar-refractivity contribution in [2.24, 2.45) is 0 Å². The molecule has 1 saturated heterocycles. The molecule has 3 rings (SSSR count). The number of carbonyl (C=O) groups is 1. The Balaban J connectivity index is 2.07. The van der Waals surface area contributed by atoms with E-state index in [2.05, 4.69) is 14.9 Å². The molecule has 14 heavy (non-hydrogen) atoms. The predicted molar refractivity (Wildman–Crippen MR) is 47.6 cm³/mol. The van der Waals surface area contributed by atoms with Gasteiger partial charge in [0.1, 0.15) is 0 Å². The molecule has 74 valence electrons. The Bertz CT molecular complexity index is 387. The van der Waals surface area contributed by atoms with Gasteiger partial charge in [0.2, 0.25) is 0 Å². The fourth-order valence-electron chi connectivity index (χ4n) is 2.29. The molecule has 2 aliphatic heterocycles. The van der Waals surface area contributed by atoms with Crippen LogP contribution in [0.5, 0.6) is 0 Å². The summed E-state index contributed by atoms with van der Waals surface area (Å²) in [7, 11) is 0. The van der Waals surface area contributed by atoms with E-state index in [1.807, 2.05) is 0 Å². The van der Waals surface area contributed by atoms with E-state index in [-0.39, 0.29) is 6.09 Å². The van der Waals surface area contributed by atoms with Gasteiger partial charge in [-0.2, -0.15) is 0 Å². The van der Waals surface area contributed by atoms with Crippen LogP contribution in [0.1, 0.15) is 18.5 Å². The highest BCUT2D eigenvalue weighted by Gasteiger charge is 2.45. The van der Waals surface area contributed by atoms with Crippen LogP contribution in [0.15, 0.2) is 12.5 Å². The number of rotatable bonds is 0. The smallest absolute Gasteiger partial charge is 0.408 e. The lowest BCUT2D eigenvalue weighted by Gasteiger charge is -2.31. The number of hydrogen-bond acceptors (Lipinski definition) is 3. The molecule has 1 aromatic rings. The maximum Gasteiger partial charge on any atom is 0.408 e. The molecule has 0 radical (unpaired) electrons. The minimum absolute atomic E-state index is 0.320. The summed E-state index contributed by atoms with van der Waals surface area (Å²) in [4.78, 5) is 15.2. The van der Waals surface area contributed by atoms with E-state index in [1.165, 1.54) is 0 Å². The first kappa shape index (κ1) is 7.84. The Kier molecular flexibility index (Phi) is 1.40. The molecular weight excluding hydrogens is 182 g/mol. The zero-order chi connectivity index (χ0) is 9.60. The zero-order valence-corrected chi connectivity index (χ0v) is 7.69. The molecule has 1 aromatic heterocycles. The molecule has 1 fully saturated rings. The van der Waals surface area contributed by atoms with Gasteiger partial charge in [-0.05, 0) is 12.8 Å². The summed E-state index contributed by atoms with van der Waals surface area (Å²) in [5.41, 5.74) is 0.563. The van der Waals surface area contributed by atoms with Gasteiger partial charge in [0.25, 0.3) is 0 Å². The van der Waals surface area contributed by atoms with Crippen molar-refractivity contribution in [3.05, 3.63) is 18.2 Å². The van der Waals surface area contributed by atoms with E-state index in [0.29, 0.717) is 6.54 Å². The number of nitrogens with one attached hydrogen (secondary N) is 1. The van der Waals surface area contributed by atoms with Gasteiger partial charge in [0.15, 0.2) is 5.60 Å². The number of nitrogens with zero attached hydrogens (tertiary/aromatic N) is 2. The van der Waals surface area contributed by atoms with E-state index in [9.17, 15) is 4.79 Å². The second kappa shape index (κ2) is 2.50. The summed E-state index contributed by atoms with van der Waals surface area (Å²) in [5, 5.41) is 2.71. The van der Waals surface area contributed by atoms with Crippen LogP contribution in [0.3, 0.4) is 0 Å². The first-order valence-electron chi connectivity index (χ1n) is 4.78. The van der Waals surface area contributed by atoms with Crippen LogP contribution in [0.2, 0.25) is 0 Å². The topological polar surface area (TPSA) is 56.2 Å². The van der Waals surface area contributed by atoms with Crippen molar-refractivity contribution in [1.29, 1.82) is 0 Å². The number of aromatic nitrogens is 2. The molecule has 1 atom stereocenters. The number of alkyl carbamates (subject to hydrolysis) is 1. The van der Waals surface area contributed by atoms with Gasteiger partial charge in [-0.25, -0.2) is 9.78 Å². The fraction of sp³-hybridized carbons (Fsp3) is 0.556. The van der Waals surface area contributed by atoms with Crippen molar-refractivity contribution in [2.75, 3.05) is 6.54 Å². The monoisotopic (exact) mass is 193 g/mol. The van der Waals surface area contributed by atoms with Crippen molar-refractivity contribution in [3.63, 3.8) is 0 Å². The Morgan fingerprint density at radius 3 is 3.36 bits per heavy atom. The molecule has 2 aliphatic rings. The number of aryl methyl sites for hydroxylation is 1. The number of carbonyl (C=O) groups excluding carboxylic acids is 1. The van der Waals surface area contributed by atoms with E-state index in [0.717, 1.165) is 25.1 Å². The summed E-state index contributed by atoms with van der Waals surface area (Å²) >= 11 is 0. The van der Waals surface area contributed by atoms with Gasteiger partial charge in [-0.15, -0.1) is 0 Å². The minimum Gasteiger partial charge on any atom is -0.435 e. The highest BCUT2D eigenvalue weighted by molar-refractivity contribution is 5.70. The SMILES string of the molecule is O=C1NCC2(CCCn3cncc32)O1. The van der Waals surface area contributed by atoms with E-state index >= 15 is 0 Å². The molecule has 5 heteroatoms. The van der Waals surface area contributed by atoms with Crippen LogP contribution in [0.25, 0.3) is 0 Å². The second-order valence-electron chi connectivity index (χ2n) is 3.81. The number of ether oxygens (including phenoxy) is 1. The number of amides is 1. The van der Waals surface area contributed by atoms with Crippen LogP contribution in [-0.4, -0.2) is 22.2 Å². The molecule has 0 bridgehead atoms. The van der Waals surface area contributed by atoms with Crippen molar-refractivity contribution < 1.29 is 9.53 Å². The molecule has 1 unspecified atom stereocenters. The Hall–Kier alpha value is -1.52. The quantitative estimate of drug-likeness (QED) is 0.656. The first-order valence-corrected chi connectivity index (χ1v) is 4.78. The van der Waals surface area contributed by atoms with E-state index < -0.39 is 5.60 Å². The number of imidazole rings is 1. The molecule has 0 saturated carbocycles. The molecule has 1 spiro atoms. The second-order valence-corrected chi connectivity index (χ2v) is 3.81. The number of fused-ring (bicyclic) bond motifs is 2. The third-order valence-electron chi connectivity index (χ3n) is 2.97. The van der Waals surface area contributed by atoms with Crippen molar-refractivity contribution in [1.82, 2.24) is 14.9 Å². The summed E-state index contributed by atoms with van der Waals surface area (Å²) in [5.74, 6) is 0. The number of hydrogen-bond donors (Lipinski definition) is 1. The van der Waals surface area contributed by atoms with Crippen LogP contribution in [0.4, 0.5) is 4.79 Å². The maximum atomic E-state index is 11.1. The third-order valence-corrected chi connectivity index (χ3v) is 2.97. The van der Waals surface area contributed by atoms with Crippen LogP contribution in [0, 0.1) is 0 Å². The van der Waals surface area contributed by atoms with Crippen molar-refractivity contribution in [2.45, 2.75) is 25.0 Å². The summed E-state index contributed by atoms with van der Waals surface area (Å²) in [6, 6.07) is 0. The van der Waals surface area contributed by atoms with Gasteiger partial charge in [-0.1, -0.05) is 0 Å². The first-order chi connectivity index (χ1) is 6.80. The lowest BCUT2D eigenvalue weighted by Crippen LogP contribution is -2.36. The van der Waals surface area contributed by atoms with Gasteiger partial charge >= 0.3 is 6.09 Å². The largest absolute Gasteiger partial charge is 0.435 e. The Morgan fingerprint density at radius 1 is 1.64 bits per heavy atom.